The first kappa shape index (κ1) is 11.3. The first-order valence-corrected chi connectivity index (χ1v) is 7.28. The van der Waals surface area contributed by atoms with Gasteiger partial charge in [-0.05, 0) is 41.1 Å². The molecule has 1 aliphatic carbocycles. The highest BCUT2D eigenvalue weighted by Crippen LogP contribution is 2.32. The second-order valence-electron chi connectivity index (χ2n) is 3.81. The number of halogens is 1. The molecule has 1 aromatic rings. The van der Waals surface area contributed by atoms with E-state index in [0.717, 1.165) is 15.4 Å². The molecule has 0 saturated heterocycles. The van der Waals surface area contributed by atoms with Crippen LogP contribution in [0.1, 0.15) is 19.3 Å². The Balaban J connectivity index is 2.05. The van der Waals surface area contributed by atoms with Crippen molar-refractivity contribution in [3.8, 4) is 0 Å². The van der Waals surface area contributed by atoms with Gasteiger partial charge >= 0.3 is 0 Å². The van der Waals surface area contributed by atoms with E-state index in [4.69, 9.17) is 0 Å². The van der Waals surface area contributed by atoms with Crippen molar-refractivity contribution in [2.24, 2.45) is 0 Å². The Bertz CT molecular complexity index is 332. The summed E-state index contributed by atoms with van der Waals surface area (Å²) in [5.41, 5.74) is 1.16. The summed E-state index contributed by atoms with van der Waals surface area (Å²) < 4.78 is 1.05. The van der Waals surface area contributed by atoms with Gasteiger partial charge in [0.25, 0.3) is 0 Å². The molecular weight excluding hydrogens is 272 g/mol. The third kappa shape index (κ3) is 2.67. The summed E-state index contributed by atoms with van der Waals surface area (Å²) in [7, 11) is 0. The topological polar surface area (TPSA) is 24.9 Å². The monoisotopic (exact) mass is 286 g/mol. The predicted molar refractivity (Wildman–Crippen MR) is 70.5 cm³/mol. The number of nitrogens with one attached hydrogen (secondary N) is 1. The molecule has 0 spiro atoms. The first-order valence-electron chi connectivity index (χ1n) is 5.20. The summed E-state index contributed by atoms with van der Waals surface area (Å²) in [6.07, 6.45) is 9.82. The average molecular weight is 287 g/mol. The zero-order valence-corrected chi connectivity index (χ0v) is 11.1. The molecule has 2 atom stereocenters. The Hall–Kier alpha value is -0.220. The Morgan fingerprint density at radius 1 is 1.53 bits per heavy atom. The lowest BCUT2D eigenvalue weighted by molar-refractivity contribution is 0.767. The molecule has 1 aromatic heterocycles. The highest BCUT2D eigenvalue weighted by Gasteiger charge is 2.26. The molecule has 0 aromatic carbocycles. The molecule has 4 heteroatoms. The molecular formula is C11H15BrN2S. The number of aromatic nitrogens is 1. The van der Waals surface area contributed by atoms with Crippen molar-refractivity contribution < 1.29 is 0 Å². The fourth-order valence-corrected chi connectivity index (χ4v) is 3.37. The minimum Gasteiger partial charge on any atom is -0.380 e. The lowest BCUT2D eigenvalue weighted by Gasteiger charge is -2.20. The molecule has 1 fully saturated rings. The molecule has 15 heavy (non-hydrogen) atoms. The summed E-state index contributed by atoms with van der Waals surface area (Å²) in [5.74, 6) is 0. The largest absolute Gasteiger partial charge is 0.380 e. The van der Waals surface area contributed by atoms with Crippen LogP contribution in [0.2, 0.25) is 0 Å². The Morgan fingerprint density at radius 3 is 3.13 bits per heavy atom. The van der Waals surface area contributed by atoms with E-state index in [9.17, 15) is 0 Å². The lowest BCUT2D eigenvalue weighted by Crippen LogP contribution is -2.25. The average Bonchev–Trinajstić information content (AvgIpc) is 2.69. The molecule has 1 aliphatic rings. The quantitative estimate of drug-likeness (QED) is 0.920. The predicted octanol–water partition coefficient (Wildman–Crippen LogP) is 3.54. The van der Waals surface area contributed by atoms with E-state index in [1.54, 1.807) is 0 Å². The van der Waals surface area contributed by atoms with Gasteiger partial charge in [0.15, 0.2) is 0 Å². The molecule has 1 saturated carbocycles. The van der Waals surface area contributed by atoms with Crippen molar-refractivity contribution >= 4 is 33.4 Å². The smallest absolute Gasteiger partial charge is 0.0590 e. The number of hydrogen-bond donors (Lipinski definition) is 1. The van der Waals surface area contributed by atoms with Gasteiger partial charge in [-0.15, -0.1) is 0 Å². The van der Waals surface area contributed by atoms with Crippen LogP contribution >= 0.6 is 27.7 Å². The third-order valence-electron chi connectivity index (χ3n) is 2.87. The highest BCUT2D eigenvalue weighted by atomic mass is 79.9. The molecule has 2 nitrogen and oxygen atoms in total. The molecule has 0 amide bonds. The molecule has 0 bridgehead atoms. The van der Waals surface area contributed by atoms with Gasteiger partial charge in [0, 0.05) is 23.7 Å². The van der Waals surface area contributed by atoms with Gasteiger partial charge in [0.05, 0.1) is 10.2 Å². The fraction of sp³-hybridized carbons (Fsp3) is 0.545. The highest BCUT2D eigenvalue weighted by molar-refractivity contribution is 9.10. The molecule has 82 valence electrons. The van der Waals surface area contributed by atoms with Crippen molar-refractivity contribution in [2.45, 2.75) is 30.6 Å². The van der Waals surface area contributed by atoms with E-state index in [-0.39, 0.29) is 0 Å². The van der Waals surface area contributed by atoms with Crippen molar-refractivity contribution in [1.29, 1.82) is 0 Å². The Morgan fingerprint density at radius 2 is 2.40 bits per heavy atom. The van der Waals surface area contributed by atoms with Crippen LogP contribution in [0, 0.1) is 0 Å². The second-order valence-corrected chi connectivity index (χ2v) is 5.74. The summed E-state index contributed by atoms with van der Waals surface area (Å²) in [4.78, 5) is 4.07. The van der Waals surface area contributed by atoms with Gasteiger partial charge in [-0.3, -0.25) is 4.98 Å². The summed E-state index contributed by atoms with van der Waals surface area (Å²) >= 11 is 5.49. The van der Waals surface area contributed by atoms with Crippen LogP contribution in [0.15, 0.2) is 22.9 Å². The van der Waals surface area contributed by atoms with E-state index in [1.165, 1.54) is 19.3 Å². The van der Waals surface area contributed by atoms with Crippen molar-refractivity contribution in [3.05, 3.63) is 22.9 Å². The van der Waals surface area contributed by atoms with Crippen LogP contribution in [-0.4, -0.2) is 22.5 Å². The number of anilines is 1. The van der Waals surface area contributed by atoms with E-state index in [0.29, 0.717) is 6.04 Å². The summed E-state index contributed by atoms with van der Waals surface area (Å²) in [5, 5.41) is 4.36. The Kier molecular flexibility index (Phi) is 3.92. The maximum absolute atomic E-state index is 4.07. The molecule has 2 unspecified atom stereocenters. The van der Waals surface area contributed by atoms with Gasteiger partial charge < -0.3 is 5.32 Å². The fourth-order valence-electron chi connectivity index (χ4n) is 2.07. The van der Waals surface area contributed by atoms with E-state index in [1.807, 2.05) is 30.2 Å². The van der Waals surface area contributed by atoms with Gasteiger partial charge in [-0.1, -0.05) is 6.42 Å². The maximum atomic E-state index is 4.07. The zero-order chi connectivity index (χ0) is 10.7. The van der Waals surface area contributed by atoms with Gasteiger partial charge in [0.1, 0.15) is 0 Å². The van der Waals surface area contributed by atoms with E-state index < -0.39 is 0 Å². The van der Waals surface area contributed by atoms with Crippen LogP contribution in [0.4, 0.5) is 5.69 Å². The Labute approximate surface area is 103 Å². The minimum absolute atomic E-state index is 0.610. The van der Waals surface area contributed by atoms with Crippen LogP contribution < -0.4 is 5.32 Å². The first-order chi connectivity index (χ1) is 7.31. The number of hydrogen-bond acceptors (Lipinski definition) is 3. The summed E-state index contributed by atoms with van der Waals surface area (Å²) in [6, 6.07) is 2.64. The van der Waals surface area contributed by atoms with Crippen molar-refractivity contribution in [1.82, 2.24) is 4.98 Å². The van der Waals surface area contributed by atoms with E-state index in [2.05, 4.69) is 32.5 Å². The number of nitrogens with zero attached hydrogens (tertiary/aromatic N) is 1. The molecule has 0 aliphatic heterocycles. The molecule has 0 radical (unpaired) electrons. The third-order valence-corrected chi connectivity index (χ3v) is 4.67. The van der Waals surface area contributed by atoms with Gasteiger partial charge in [-0.2, -0.15) is 11.8 Å². The SMILES string of the molecule is CSC1CCCC1Nc1ccncc1Br. The van der Waals surface area contributed by atoms with Gasteiger partial charge in [-0.25, -0.2) is 0 Å². The second kappa shape index (κ2) is 5.21. The number of pyridine rings is 1. The normalized spacial score (nSPS) is 25.5. The van der Waals surface area contributed by atoms with Crippen LogP contribution in [0.3, 0.4) is 0 Å². The lowest BCUT2D eigenvalue weighted by atomic mass is 10.2. The number of rotatable bonds is 3. The minimum atomic E-state index is 0.610. The standard InChI is InChI=1S/C11H15BrN2S/c1-15-11-4-2-3-10(11)14-9-5-6-13-7-8(9)12/h5-7,10-11H,2-4H2,1H3,(H,13,14). The maximum Gasteiger partial charge on any atom is 0.0590 e. The molecule has 2 rings (SSSR count). The van der Waals surface area contributed by atoms with E-state index >= 15 is 0 Å². The van der Waals surface area contributed by atoms with Crippen molar-refractivity contribution in [2.75, 3.05) is 11.6 Å². The van der Waals surface area contributed by atoms with Crippen LogP contribution in [-0.2, 0) is 0 Å². The zero-order valence-electron chi connectivity index (χ0n) is 8.74. The molecule has 1 heterocycles. The molecule has 1 N–H and O–H groups in total. The number of thioether (sulfide) groups is 1. The van der Waals surface area contributed by atoms with Gasteiger partial charge in [0.2, 0.25) is 0 Å². The van der Waals surface area contributed by atoms with Crippen molar-refractivity contribution in [3.63, 3.8) is 0 Å². The summed E-state index contributed by atoms with van der Waals surface area (Å²) in [6.45, 7) is 0. The van der Waals surface area contributed by atoms with Crippen LogP contribution in [0.25, 0.3) is 0 Å². The van der Waals surface area contributed by atoms with Crippen LogP contribution in [0.5, 0.6) is 0 Å².